The van der Waals surface area contributed by atoms with Crippen LogP contribution >= 0.6 is 8.60 Å². The van der Waals surface area contributed by atoms with E-state index in [1.807, 2.05) is 0 Å². The first-order valence-electron chi connectivity index (χ1n) is 13.7. The smallest absolute Gasteiger partial charge is 0.765 e. The van der Waals surface area contributed by atoms with Gasteiger partial charge in [0.15, 0.2) is 0 Å². The number of benzene rings is 2. The van der Waals surface area contributed by atoms with E-state index in [0.717, 1.165) is 62.9 Å². The second-order valence-electron chi connectivity index (χ2n) is 9.89. The fourth-order valence-electron chi connectivity index (χ4n) is 4.92. The summed E-state index contributed by atoms with van der Waals surface area (Å²) in [5.41, 5.74) is 7.44. The third kappa shape index (κ3) is 8.21. The summed E-state index contributed by atoms with van der Waals surface area (Å²) in [6.07, 6.45) is 13.2. The van der Waals surface area contributed by atoms with E-state index in [1.54, 1.807) is 0 Å². The van der Waals surface area contributed by atoms with E-state index >= 15 is 0 Å². The zero-order valence-electron chi connectivity index (χ0n) is 23.0. The fourth-order valence-corrected chi connectivity index (χ4v) is 5.70. The van der Waals surface area contributed by atoms with E-state index in [9.17, 15) is 4.89 Å². The molecule has 3 nitrogen and oxygen atoms in total. The van der Waals surface area contributed by atoms with Crippen molar-refractivity contribution < 1.29 is 43.5 Å². The van der Waals surface area contributed by atoms with Gasteiger partial charge in [-0.25, -0.2) is 0 Å². The van der Waals surface area contributed by atoms with Crippen LogP contribution in [0.1, 0.15) is 125 Å². The maximum atomic E-state index is 13.1. The van der Waals surface area contributed by atoms with Crippen LogP contribution in [0.5, 0.6) is 11.5 Å². The molecule has 0 saturated heterocycles. The van der Waals surface area contributed by atoms with Crippen molar-refractivity contribution in [3.8, 4) is 11.5 Å². The van der Waals surface area contributed by atoms with Crippen molar-refractivity contribution in [1.29, 1.82) is 0 Å². The first-order valence-corrected chi connectivity index (χ1v) is 14.8. The topological polar surface area (TPSA) is 41.5 Å². The summed E-state index contributed by atoms with van der Waals surface area (Å²) in [5, 5.41) is 0. The van der Waals surface area contributed by atoms with Crippen molar-refractivity contribution in [3.05, 3.63) is 57.6 Å². The molecule has 1 heterocycles. The van der Waals surface area contributed by atoms with Crippen molar-refractivity contribution in [3.63, 3.8) is 0 Å². The fraction of sp³-hybridized carbons (Fsp3) is 0.600. The first-order chi connectivity index (χ1) is 16.5. The van der Waals surface area contributed by atoms with E-state index in [4.69, 9.17) is 9.05 Å². The number of fused-ring (bicyclic) bond motifs is 2. The molecule has 2 aromatic rings. The van der Waals surface area contributed by atoms with Gasteiger partial charge < -0.3 is 13.9 Å². The Morgan fingerprint density at radius 2 is 1.03 bits per heavy atom. The van der Waals surface area contributed by atoms with E-state index < -0.39 is 8.60 Å². The molecule has 0 spiro atoms. The molecule has 0 N–H and O–H groups in total. The van der Waals surface area contributed by atoms with Crippen LogP contribution in [0.25, 0.3) is 0 Å². The molecule has 0 fully saturated rings. The zero-order chi connectivity index (χ0) is 24.5. The van der Waals surface area contributed by atoms with Crippen molar-refractivity contribution in [1.82, 2.24) is 0 Å². The minimum atomic E-state index is -2.28. The standard InChI is InChI=1S/C30H44O3P.Na/c1-6-10-14-23-18-25(16-12-8-3)29-27(20-23)22(5)28-21-24(15-11-7-2)19-26(17-13-9-4)30(28)33-34(31)32-29;/h18-22H,6-17H2,1-5H3;/q-1;+1. The summed E-state index contributed by atoms with van der Waals surface area (Å²) < 4.78 is 12.2. The molecule has 0 unspecified atom stereocenters. The molecular formula is C30H44NaO3P. The van der Waals surface area contributed by atoms with Gasteiger partial charge in [-0.3, -0.25) is 0 Å². The van der Waals surface area contributed by atoms with Crippen LogP contribution in [0, 0.1) is 0 Å². The molecule has 2 aromatic carbocycles. The Hall–Kier alpha value is -0.570. The molecular weight excluding hydrogens is 462 g/mol. The molecule has 188 valence electrons. The van der Waals surface area contributed by atoms with Crippen molar-refractivity contribution in [2.75, 3.05) is 0 Å². The van der Waals surface area contributed by atoms with Gasteiger partial charge in [-0.1, -0.05) is 84.6 Å². The summed E-state index contributed by atoms with van der Waals surface area (Å²) in [5.74, 6) is 1.71. The molecule has 1 aliphatic heterocycles. The summed E-state index contributed by atoms with van der Waals surface area (Å²) in [7, 11) is -2.28. The van der Waals surface area contributed by atoms with Crippen LogP contribution in [0.3, 0.4) is 0 Å². The van der Waals surface area contributed by atoms with E-state index in [2.05, 4.69) is 58.9 Å². The Morgan fingerprint density at radius 3 is 1.40 bits per heavy atom. The van der Waals surface area contributed by atoms with Crippen molar-refractivity contribution in [2.24, 2.45) is 0 Å². The van der Waals surface area contributed by atoms with Crippen LogP contribution in [0.15, 0.2) is 24.3 Å². The summed E-state index contributed by atoms with van der Waals surface area (Å²) in [4.78, 5) is 13.1. The predicted octanol–water partition coefficient (Wildman–Crippen LogP) is 5.57. The van der Waals surface area contributed by atoms with Crippen LogP contribution in [-0.4, -0.2) is 0 Å². The number of aryl methyl sites for hydroxylation is 4. The minimum absolute atomic E-state index is 0. The molecule has 35 heavy (non-hydrogen) atoms. The summed E-state index contributed by atoms with van der Waals surface area (Å²) >= 11 is 0. The molecule has 1 aliphatic rings. The van der Waals surface area contributed by atoms with Gasteiger partial charge in [0, 0.05) is 17.0 Å². The van der Waals surface area contributed by atoms with Gasteiger partial charge in [-0.2, -0.15) is 0 Å². The second-order valence-corrected chi connectivity index (χ2v) is 10.7. The van der Waals surface area contributed by atoms with Gasteiger partial charge in [0.05, 0.1) is 0 Å². The monoisotopic (exact) mass is 506 g/mol. The number of unbranched alkanes of at least 4 members (excludes halogenated alkanes) is 4. The van der Waals surface area contributed by atoms with Gasteiger partial charge in [0.2, 0.25) is 8.60 Å². The number of rotatable bonds is 12. The largest absolute Gasteiger partial charge is 1.00 e. The Morgan fingerprint density at radius 1 is 0.657 bits per heavy atom. The molecule has 0 amide bonds. The van der Waals surface area contributed by atoms with E-state index in [1.165, 1.54) is 59.1 Å². The normalized spacial score (nSPS) is 16.7. The van der Waals surface area contributed by atoms with Gasteiger partial charge in [-0.05, 0) is 73.6 Å². The molecule has 0 radical (unpaired) electrons. The Kier molecular flexibility index (Phi) is 13.7. The van der Waals surface area contributed by atoms with Crippen molar-refractivity contribution >= 4 is 8.60 Å². The predicted molar refractivity (Wildman–Crippen MR) is 143 cm³/mol. The summed E-state index contributed by atoms with van der Waals surface area (Å²) in [6, 6.07) is 9.20. The quantitative estimate of drug-likeness (QED) is 0.279. The van der Waals surface area contributed by atoms with Crippen molar-refractivity contribution in [2.45, 2.75) is 118 Å². The van der Waals surface area contributed by atoms with Crippen LogP contribution in [-0.2, 0) is 25.7 Å². The SMILES string of the molecule is CCCCc1cc(CCCC)c2c(c1)C(C)c1cc(CCCC)cc(CCCC)c1OP([O-])O2.[Na+]. The maximum absolute atomic E-state index is 13.1. The van der Waals surface area contributed by atoms with Gasteiger partial charge >= 0.3 is 29.6 Å². The first kappa shape index (κ1) is 30.7. The summed E-state index contributed by atoms with van der Waals surface area (Å²) in [6.45, 7) is 11.2. The molecule has 5 heteroatoms. The van der Waals surface area contributed by atoms with Crippen LogP contribution < -0.4 is 43.5 Å². The zero-order valence-corrected chi connectivity index (χ0v) is 25.9. The maximum Gasteiger partial charge on any atom is 1.00 e. The van der Waals surface area contributed by atoms with Gasteiger partial charge in [0.25, 0.3) is 0 Å². The number of hydrogen-bond donors (Lipinski definition) is 0. The van der Waals surface area contributed by atoms with E-state index in [-0.39, 0.29) is 35.5 Å². The van der Waals surface area contributed by atoms with E-state index in [0.29, 0.717) is 0 Å². The second kappa shape index (κ2) is 15.6. The average molecular weight is 507 g/mol. The third-order valence-corrected chi connectivity index (χ3v) is 7.67. The Bertz CT molecular complexity index is 857. The van der Waals surface area contributed by atoms with Gasteiger partial charge in [-0.15, -0.1) is 0 Å². The van der Waals surface area contributed by atoms with Crippen LogP contribution in [0.2, 0.25) is 0 Å². The Balaban J connectivity index is 0.00000432. The van der Waals surface area contributed by atoms with Gasteiger partial charge in [0.1, 0.15) is 11.5 Å². The molecule has 0 aromatic heterocycles. The minimum Gasteiger partial charge on any atom is -0.765 e. The molecule has 0 bridgehead atoms. The molecule has 3 rings (SSSR count). The third-order valence-electron chi connectivity index (χ3n) is 7.01. The molecule has 0 aliphatic carbocycles. The number of hydrogen-bond acceptors (Lipinski definition) is 3. The van der Waals surface area contributed by atoms with Crippen LogP contribution in [0.4, 0.5) is 0 Å². The Labute approximate surface area is 237 Å². The molecule has 0 atom stereocenters. The average Bonchev–Trinajstić information content (AvgIpc) is 2.84. The molecule has 0 saturated carbocycles.